The minimum absolute atomic E-state index is 0.0101. The van der Waals surface area contributed by atoms with E-state index >= 15 is 0 Å². The molecule has 0 saturated heterocycles. The standard InChI is InChI=1S/C28H46N2O5/c1-5-8-9-10-11-12-13-14-15-16-17-18-26(31)29-23-19-20-25(33-4)24(21-23)30-27(34-6-2)22-28(32)35-7-3/h19-22,30H,5-18H2,1-4H3,(H,29,31)/b27-22-. The molecule has 0 aromatic heterocycles. The first-order chi connectivity index (χ1) is 17.0. The number of hydrogen-bond acceptors (Lipinski definition) is 6. The third-order valence-electron chi connectivity index (χ3n) is 5.58. The van der Waals surface area contributed by atoms with Gasteiger partial charge < -0.3 is 24.8 Å². The van der Waals surface area contributed by atoms with E-state index in [2.05, 4.69) is 17.6 Å². The van der Waals surface area contributed by atoms with Crippen LogP contribution in [-0.2, 0) is 19.1 Å². The fourth-order valence-corrected chi connectivity index (χ4v) is 3.75. The first kappa shape index (κ1) is 30.3. The van der Waals surface area contributed by atoms with Gasteiger partial charge in [0.05, 0.1) is 32.1 Å². The smallest absolute Gasteiger partial charge is 0.336 e. The summed E-state index contributed by atoms with van der Waals surface area (Å²) in [6.07, 6.45) is 15.5. The Hall–Kier alpha value is -2.70. The summed E-state index contributed by atoms with van der Waals surface area (Å²) in [5.74, 6) is 0.291. The average Bonchev–Trinajstić information content (AvgIpc) is 2.83. The summed E-state index contributed by atoms with van der Waals surface area (Å²) < 4.78 is 15.9. The molecule has 0 saturated carbocycles. The van der Waals surface area contributed by atoms with Gasteiger partial charge in [0.1, 0.15) is 5.75 Å². The average molecular weight is 491 g/mol. The van der Waals surface area contributed by atoms with Crippen LogP contribution in [0.25, 0.3) is 0 Å². The van der Waals surface area contributed by atoms with Gasteiger partial charge in [0, 0.05) is 12.1 Å². The van der Waals surface area contributed by atoms with Gasteiger partial charge in [0.15, 0.2) is 5.88 Å². The van der Waals surface area contributed by atoms with E-state index < -0.39 is 5.97 Å². The molecule has 0 bridgehead atoms. The number of hydrogen-bond donors (Lipinski definition) is 2. The first-order valence-corrected chi connectivity index (χ1v) is 13.3. The predicted octanol–water partition coefficient (Wildman–Crippen LogP) is 7.19. The molecule has 0 atom stereocenters. The van der Waals surface area contributed by atoms with E-state index in [0.29, 0.717) is 30.2 Å². The van der Waals surface area contributed by atoms with Crippen LogP contribution in [0, 0.1) is 0 Å². The zero-order valence-electron chi connectivity index (χ0n) is 22.3. The van der Waals surface area contributed by atoms with Crippen LogP contribution in [0.15, 0.2) is 30.2 Å². The predicted molar refractivity (Wildman–Crippen MR) is 143 cm³/mol. The van der Waals surface area contributed by atoms with Crippen LogP contribution in [0.2, 0.25) is 0 Å². The van der Waals surface area contributed by atoms with Gasteiger partial charge in [-0.2, -0.15) is 0 Å². The van der Waals surface area contributed by atoms with Gasteiger partial charge in [-0.3, -0.25) is 4.79 Å². The summed E-state index contributed by atoms with van der Waals surface area (Å²) >= 11 is 0. The van der Waals surface area contributed by atoms with Crippen molar-refractivity contribution in [3.05, 3.63) is 30.2 Å². The topological polar surface area (TPSA) is 85.9 Å². The fraction of sp³-hybridized carbons (Fsp3) is 0.643. The molecule has 1 aromatic rings. The van der Waals surface area contributed by atoms with Gasteiger partial charge in [0.2, 0.25) is 5.91 Å². The first-order valence-electron chi connectivity index (χ1n) is 13.3. The molecule has 1 amide bonds. The number of rotatable bonds is 20. The van der Waals surface area contributed by atoms with Gasteiger partial charge in [-0.15, -0.1) is 0 Å². The highest BCUT2D eigenvalue weighted by atomic mass is 16.5. The van der Waals surface area contributed by atoms with Crippen LogP contribution in [-0.4, -0.2) is 32.2 Å². The van der Waals surface area contributed by atoms with Gasteiger partial charge in [-0.05, 0) is 38.5 Å². The van der Waals surface area contributed by atoms with Crippen LogP contribution in [0.4, 0.5) is 11.4 Å². The number of ether oxygens (including phenoxy) is 3. The largest absolute Gasteiger partial charge is 0.495 e. The maximum atomic E-state index is 12.4. The third kappa shape index (κ3) is 14.3. The summed E-state index contributed by atoms with van der Waals surface area (Å²) in [6.45, 7) is 6.46. The Kier molecular flexibility index (Phi) is 17.0. The van der Waals surface area contributed by atoms with Crippen molar-refractivity contribution in [1.29, 1.82) is 0 Å². The molecule has 0 aliphatic rings. The van der Waals surface area contributed by atoms with E-state index in [0.717, 1.165) is 12.8 Å². The van der Waals surface area contributed by atoms with Crippen molar-refractivity contribution in [3.63, 3.8) is 0 Å². The Morgan fingerprint density at radius 3 is 1.97 bits per heavy atom. The van der Waals surface area contributed by atoms with Crippen LogP contribution in [0.1, 0.15) is 97.8 Å². The number of unbranched alkanes of at least 4 members (excludes halogenated alkanes) is 10. The Morgan fingerprint density at radius 1 is 0.800 bits per heavy atom. The van der Waals surface area contributed by atoms with Crippen LogP contribution >= 0.6 is 0 Å². The number of benzene rings is 1. The number of nitrogens with one attached hydrogen (secondary N) is 2. The summed E-state index contributed by atoms with van der Waals surface area (Å²) in [5, 5.41) is 6.00. The van der Waals surface area contributed by atoms with Gasteiger partial charge in [-0.1, -0.05) is 71.1 Å². The molecule has 0 spiro atoms. The maximum Gasteiger partial charge on any atom is 0.336 e. The minimum atomic E-state index is -0.501. The molecule has 0 unspecified atom stereocenters. The lowest BCUT2D eigenvalue weighted by molar-refractivity contribution is -0.137. The zero-order chi connectivity index (χ0) is 25.7. The van der Waals surface area contributed by atoms with E-state index in [4.69, 9.17) is 14.2 Å². The SMILES string of the molecule is CCCCCCCCCCCCCC(=O)Nc1ccc(OC)c(N/C(=C/C(=O)OCC)OCC)c1. The van der Waals surface area contributed by atoms with Crippen molar-refractivity contribution < 1.29 is 23.8 Å². The summed E-state index contributed by atoms with van der Waals surface area (Å²) in [5.41, 5.74) is 1.22. The normalized spacial score (nSPS) is 11.1. The fourth-order valence-electron chi connectivity index (χ4n) is 3.75. The Morgan fingerprint density at radius 2 is 1.40 bits per heavy atom. The summed E-state index contributed by atoms with van der Waals surface area (Å²) in [6, 6.07) is 5.31. The van der Waals surface area contributed by atoms with Crippen LogP contribution in [0.3, 0.4) is 0 Å². The van der Waals surface area contributed by atoms with E-state index in [1.165, 1.54) is 63.9 Å². The highest BCUT2D eigenvalue weighted by molar-refractivity contribution is 5.91. The Labute approximate surface area is 212 Å². The quantitative estimate of drug-likeness (QED) is 0.0871. The number of carbonyl (C=O) groups is 2. The van der Waals surface area contributed by atoms with Crippen molar-refractivity contribution in [2.24, 2.45) is 0 Å². The second-order valence-corrected chi connectivity index (χ2v) is 8.57. The lowest BCUT2D eigenvalue weighted by Crippen LogP contribution is -2.12. The van der Waals surface area contributed by atoms with Gasteiger partial charge in [0.25, 0.3) is 0 Å². The van der Waals surface area contributed by atoms with Crippen LogP contribution < -0.4 is 15.4 Å². The highest BCUT2D eigenvalue weighted by Crippen LogP contribution is 2.29. The molecule has 198 valence electrons. The molecule has 7 nitrogen and oxygen atoms in total. The van der Waals surface area contributed by atoms with Crippen LogP contribution in [0.5, 0.6) is 5.75 Å². The minimum Gasteiger partial charge on any atom is -0.495 e. The Bertz CT molecular complexity index is 764. The van der Waals surface area contributed by atoms with E-state index in [9.17, 15) is 9.59 Å². The highest BCUT2D eigenvalue weighted by Gasteiger charge is 2.11. The van der Waals surface area contributed by atoms with Crippen molar-refractivity contribution in [1.82, 2.24) is 0 Å². The second kappa shape index (κ2) is 19.6. The second-order valence-electron chi connectivity index (χ2n) is 8.57. The molecule has 1 rings (SSSR count). The molecular formula is C28H46N2O5. The lowest BCUT2D eigenvalue weighted by atomic mass is 10.1. The van der Waals surface area contributed by atoms with Crippen molar-refractivity contribution in [2.45, 2.75) is 97.8 Å². The van der Waals surface area contributed by atoms with E-state index in [1.807, 2.05) is 6.92 Å². The molecule has 35 heavy (non-hydrogen) atoms. The maximum absolute atomic E-state index is 12.4. The number of esters is 1. The number of methoxy groups -OCH3 is 1. The number of amides is 1. The summed E-state index contributed by atoms with van der Waals surface area (Å²) in [7, 11) is 1.56. The molecule has 0 radical (unpaired) electrons. The van der Waals surface area contributed by atoms with Crippen molar-refractivity contribution in [3.8, 4) is 5.75 Å². The Balaban J connectivity index is 2.47. The number of anilines is 2. The lowest BCUT2D eigenvalue weighted by Gasteiger charge is -2.16. The molecule has 0 aliphatic heterocycles. The van der Waals surface area contributed by atoms with Crippen molar-refractivity contribution in [2.75, 3.05) is 31.0 Å². The molecule has 7 heteroatoms. The molecule has 0 heterocycles. The summed E-state index contributed by atoms with van der Waals surface area (Å²) in [4.78, 5) is 24.2. The monoisotopic (exact) mass is 490 g/mol. The number of carbonyl (C=O) groups excluding carboxylic acids is 2. The van der Waals surface area contributed by atoms with Gasteiger partial charge in [-0.25, -0.2) is 4.79 Å². The van der Waals surface area contributed by atoms with E-state index in [1.54, 1.807) is 32.2 Å². The van der Waals surface area contributed by atoms with Crippen molar-refractivity contribution >= 4 is 23.3 Å². The molecule has 1 aromatic carbocycles. The van der Waals surface area contributed by atoms with Gasteiger partial charge >= 0.3 is 5.97 Å². The zero-order valence-corrected chi connectivity index (χ0v) is 22.3. The molecular weight excluding hydrogens is 444 g/mol. The third-order valence-corrected chi connectivity index (χ3v) is 5.58. The molecule has 0 fully saturated rings. The molecule has 2 N–H and O–H groups in total. The molecule has 0 aliphatic carbocycles. The van der Waals surface area contributed by atoms with E-state index in [-0.39, 0.29) is 18.4 Å².